The number of hydrogen-bond donors (Lipinski definition) is 0. The van der Waals surface area contributed by atoms with E-state index in [9.17, 15) is 4.79 Å². The van der Waals surface area contributed by atoms with Gasteiger partial charge in [0, 0.05) is 5.56 Å². The second-order valence-electron chi connectivity index (χ2n) is 5.09. The lowest BCUT2D eigenvalue weighted by Gasteiger charge is -2.24. The summed E-state index contributed by atoms with van der Waals surface area (Å²) in [6.07, 6.45) is 5.06. The predicted molar refractivity (Wildman–Crippen MR) is 83.3 cm³/mol. The smallest absolute Gasteiger partial charge is 0.160 e. The molecule has 0 saturated heterocycles. The molecule has 0 spiro atoms. The summed E-state index contributed by atoms with van der Waals surface area (Å²) in [4.78, 5) is 12.1. The zero-order chi connectivity index (χ0) is 14.6. The van der Waals surface area contributed by atoms with Crippen LogP contribution in [0.15, 0.2) is 0 Å². The van der Waals surface area contributed by atoms with Crippen LogP contribution in [0.4, 0.5) is 0 Å². The van der Waals surface area contributed by atoms with Crippen LogP contribution in [-0.2, 0) is 32.1 Å². The molecule has 0 heterocycles. The van der Waals surface area contributed by atoms with Gasteiger partial charge in [-0.15, -0.1) is 0 Å². The summed E-state index contributed by atoms with van der Waals surface area (Å²) < 4.78 is 0. The predicted octanol–water partition coefficient (Wildman–Crippen LogP) is 4.70. The van der Waals surface area contributed by atoms with Gasteiger partial charge in [0.15, 0.2) is 5.78 Å². The van der Waals surface area contributed by atoms with Gasteiger partial charge in [-0.25, -0.2) is 0 Å². The number of Topliss-reactive ketones (excluding diaryl/α,β-unsaturated/α-hetero) is 1. The SMILES string of the molecule is CCc1c(CC)c(CC)c(C(C)=O)c(CC)c1CC. The van der Waals surface area contributed by atoms with Crippen molar-refractivity contribution in [3.63, 3.8) is 0 Å². The molecular weight excluding hydrogens is 232 g/mol. The van der Waals surface area contributed by atoms with Crippen molar-refractivity contribution in [2.75, 3.05) is 0 Å². The van der Waals surface area contributed by atoms with E-state index in [1.165, 1.54) is 27.8 Å². The summed E-state index contributed by atoms with van der Waals surface area (Å²) in [5.74, 6) is 0.237. The first kappa shape index (κ1) is 15.9. The Morgan fingerprint density at radius 2 is 0.895 bits per heavy atom. The fourth-order valence-electron chi connectivity index (χ4n) is 3.52. The quantitative estimate of drug-likeness (QED) is 0.677. The summed E-state index contributed by atoms with van der Waals surface area (Å²) in [5, 5.41) is 0. The third-order valence-corrected chi connectivity index (χ3v) is 4.18. The molecule has 0 aromatic heterocycles. The lowest BCUT2D eigenvalue weighted by molar-refractivity contribution is 0.101. The van der Waals surface area contributed by atoms with Crippen LogP contribution in [0.2, 0.25) is 0 Å². The van der Waals surface area contributed by atoms with E-state index >= 15 is 0 Å². The van der Waals surface area contributed by atoms with E-state index in [0.717, 1.165) is 37.7 Å². The van der Waals surface area contributed by atoms with Gasteiger partial charge in [-0.05, 0) is 66.8 Å². The molecule has 0 atom stereocenters. The lowest BCUT2D eigenvalue weighted by atomic mass is 9.80. The average Bonchev–Trinajstić information content (AvgIpc) is 2.43. The van der Waals surface area contributed by atoms with Gasteiger partial charge < -0.3 is 0 Å². The molecule has 1 aromatic rings. The number of ketones is 1. The molecular formula is C18H28O. The number of hydrogen-bond acceptors (Lipinski definition) is 1. The molecule has 0 bridgehead atoms. The Hall–Kier alpha value is -1.11. The molecule has 1 nitrogen and oxygen atoms in total. The van der Waals surface area contributed by atoms with E-state index in [4.69, 9.17) is 0 Å². The highest BCUT2D eigenvalue weighted by Crippen LogP contribution is 2.31. The summed E-state index contributed by atoms with van der Waals surface area (Å²) in [6.45, 7) is 12.7. The van der Waals surface area contributed by atoms with Crippen LogP contribution in [0.25, 0.3) is 0 Å². The first-order chi connectivity index (χ1) is 9.06. The molecule has 0 unspecified atom stereocenters. The number of rotatable bonds is 6. The molecule has 0 aliphatic carbocycles. The molecule has 0 aliphatic rings. The summed E-state index contributed by atoms with van der Waals surface area (Å²) in [5.41, 5.74) is 8.01. The van der Waals surface area contributed by atoms with Crippen molar-refractivity contribution in [1.29, 1.82) is 0 Å². The Morgan fingerprint density at radius 1 is 0.632 bits per heavy atom. The Balaban J connectivity index is 3.85. The van der Waals surface area contributed by atoms with Gasteiger partial charge in [0.05, 0.1) is 0 Å². The van der Waals surface area contributed by atoms with Gasteiger partial charge in [0.2, 0.25) is 0 Å². The highest BCUT2D eigenvalue weighted by Gasteiger charge is 2.21. The van der Waals surface area contributed by atoms with Gasteiger partial charge in [-0.3, -0.25) is 4.79 Å². The first-order valence-electron chi connectivity index (χ1n) is 7.76. The summed E-state index contributed by atoms with van der Waals surface area (Å²) in [6, 6.07) is 0. The molecule has 0 saturated carbocycles. The van der Waals surface area contributed by atoms with Crippen LogP contribution in [-0.4, -0.2) is 5.78 Å². The van der Waals surface area contributed by atoms with Gasteiger partial charge in [0.25, 0.3) is 0 Å². The molecule has 1 rings (SSSR count). The molecule has 0 fully saturated rings. The van der Waals surface area contributed by atoms with Crippen LogP contribution in [0.1, 0.15) is 79.7 Å². The van der Waals surface area contributed by atoms with Crippen LogP contribution in [0.5, 0.6) is 0 Å². The lowest BCUT2D eigenvalue weighted by Crippen LogP contribution is -2.14. The first-order valence-corrected chi connectivity index (χ1v) is 7.76. The minimum atomic E-state index is 0.237. The van der Waals surface area contributed by atoms with Crippen molar-refractivity contribution in [2.45, 2.75) is 73.6 Å². The van der Waals surface area contributed by atoms with E-state index in [1.807, 2.05) is 0 Å². The van der Waals surface area contributed by atoms with Crippen molar-refractivity contribution in [3.05, 3.63) is 33.4 Å². The molecule has 106 valence electrons. The van der Waals surface area contributed by atoms with Gasteiger partial charge in [-0.2, -0.15) is 0 Å². The van der Waals surface area contributed by atoms with Crippen molar-refractivity contribution in [2.24, 2.45) is 0 Å². The Bertz CT molecular complexity index is 436. The highest BCUT2D eigenvalue weighted by atomic mass is 16.1. The Morgan fingerprint density at radius 3 is 1.11 bits per heavy atom. The monoisotopic (exact) mass is 260 g/mol. The fraction of sp³-hybridized carbons (Fsp3) is 0.611. The topological polar surface area (TPSA) is 17.1 Å². The van der Waals surface area contributed by atoms with Crippen molar-refractivity contribution < 1.29 is 4.79 Å². The normalized spacial score (nSPS) is 10.8. The molecule has 0 radical (unpaired) electrons. The highest BCUT2D eigenvalue weighted by molar-refractivity contribution is 5.98. The summed E-state index contributed by atoms with van der Waals surface area (Å²) >= 11 is 0. The minimum Gasteiger partial charge on any atom is -0.294 e. The van der Waals surface area contributed by atoms with Crippen LogP contribution < -0.4 is 0 Å². The maximum atomic E-state index is 12.1. The number of carbonyl (C=O) groups excluding carboxylic acids is 1. The average molecular weight is 260 g/mol. The molecule has 1 aromatic carbocycles. The van der Waals surface area contributed by atoms with Gasteiger partial charge in [-0.1, -0.05) is 34.6 Å². The van der Waals surface area contributed by atoms with Crippen LogP contribution in [0.3, 0.4) is 0 Å². The fourth-order valence-corrected chi connectivity index (χ4v) is 3.52. The molecule has 0 N–H and O–H groups in total. The van der Waals surface area contributed by atoms with Crippen molar-refractivity contribution in [3.8, 4) is 0 Å². The Kier molecular flexibility index (Phi) is 5.78. The zero-order valence-corrected chi connectivity index (χ0v) is 13.4. The molecule has 1 heteroatoms. The van der Waals surface area contributed by atoms with Crippen molar-refractivity contribution >= 4 is 5.78 Å². The molecule has 0 aliphatic heterocycles. The van der Waals surface area contributed by atoms with E-state index in [0.29, 0.717) is 0 Å². The Labute approximate surface area is 118 Å². The van der Waals surface area contributed by atoms with Crippen LogP contribution in [0, 0.1) is 0 Å². The minimum absolute atomic E-state index is 0.237. The number of carbonyl (C=O) groups is 1. The standard InChI is InChI=1S/C18H28O/c1-7-13-14(8-2)16(10-4)18(12(6)19)17(11-5)15(13)9-3/h7-11H2,1-6H3. The maximum absolute atomic E-state index is 12.1. The van der Waals surface area contributed by atoms with Crippen molar-refractivity contribution in [1.82, 2.24) is 0 Å². The zero-order valence-electron chi connectivity index (χ0n) is 13.4. The van der Waals surface area contributed by atoms with E-state index < -0.39 is 0 Å². The largest absolute Gasteiger partial charge is 0.294 e. The van der Waals surface area contributed by atoms with E-state index in [1.54, 1.807) is 6.92 Å². The second kappa shape index (κ2) is 6.88. The van der Waals surface area contributed by atoms with E-state index in [-0.39, 0.29) is 5.78 Å². The summed E-state index contributed by atoms with van der Waals surface area (Å²) in [7, 11) is 0. The third-order valence-electron chi connectivity index (χ3n) is 4.18. The molecule has 0 amide bonds. The maximum Gasteiger partial charge on any atom is 0.160 e. The number of benzene rings is 1. The van der Waals surface area contributed by atoms with E-state index in [2.05, 4.69) is 34.6 Å². The van der Waals surface area contributed by atoms with Crippen LogP contribution >= 0.6 is 0 Å². The third kappa shape index (κ3) is 2.75. The van der Waals surface area contributed by atoms with Gasteiger partial charge in [0.1, 0.15) is 0 Å². The van der Waals surface area contributed by atoms with Gasteiger partial charge >= 0.3 is 0 Å². The second-order valence-corrected chi connectivity index (χ2v) is 5.09. The molecule has 19 heavy (non-hydrogen) atoms.